The Hall–Kier alpha value is -1.11. The van der Waals surface area contributed by atoms with E-state index in [1.807, 2.05) is 0 Å². The second-order valence-electron chi connectivity index (χ2n) is 6.66. The average molecular weight is 253 g/mol. The molecule has 19 heavy (non-hydrogen) atoms. The smallest absolute Gasteiger partial charge is 0.0491 e. The molecule has 2 aliphatic carbocycles. The lowest BCUT2D eigenvalue weighted by Crippen LogP contribution is -2.40. The van der Waals surface area contributed by atoms with Crippen molar-refractivity contribution in [1.29, 1.82) is 0 Å². The van der Waals surface area contributed by atoms with Gasteiger partial charge in [0.25, 0.3) is 0 Å². The minimum atomic E-state index is 0.419. The van der Waals surface area contributed by atoms with Crippen LogP contribution in [0.4, 0.5) is 0 Å². The lowest BCUT2D eigenvalue weighted by Gasteiger charge is -2.42. The molecule has 0 bridgehead atoms. The van der Waals surface area contributed by atoms with E-state index in [4.69, 9.17) is 4.99 Å². The second kappa shape index (κ2) is 4.47. The molecule has 1 nitrogen and oxygen atoms in total. The van der Waals surface area contributed by atoms with Crippen molar-refractivity contribution in [2.45, 2.75) is 51.4 Å². The molecule has 1 atom stereocenters. The normalized spacial score (nSPS) is 30.6. The number of benzene rings is 1. The molecular weight excluding hydrogens is 230 g/mol. The van der Waals surface area contributed by atoms with Gasteiger partial charge in [0.2, 0.25) is 0 Å². The van der Waals surface area contributed by atoms with Gasteiger partial charge in [-0.05, 0) is 49.1 Å². The zero-order valence-electron chi connectivity index (χ0n) is 11.7. The van der Waals surface area contributed by atoms with E-state index in [-0.39, 0.29) is 0 Å². The fourth-order valence-electron chi connectivity index (χ4n) is 4.83. The Morgan fingerprint density at radius 3 is 2.74 bits per heavy atom. The Morgan fingerprint density at radius 2 is 1.84 bits per heavy atom. The van der Waals surface area contributed by atoms with Crippen LogP contribution in [0.2, 0.25) is 0 Å². The van der Waals surface area contributed by atoms with E-state index in [2.05, 4.69) is 24.3 Å². The van der Waals surface area contributed by atoms with Crippen LogP contribution in [-0.2, 0) is 6.42 Å². The van der Waals surface area contributed by atoms with Crippen LogP contribution in [-0.4, -0.2) is 12.3 Å². The lowest BCUT2D eigenvalue weighted by molar-refractivity contribution is 0.175. The zero-order valence-corrected chi connectivity index (χ0v) is 11.7. The Labute approximate surface area is 116 Å². The molecule has 0 radical (unpaired) electrons. The summed E-state index contributed by atoms with van der Waals surface area (Å²) in [5, 5.41) is 0. The second-order valence-corrected chi connectivity index (χ2v) is 6.66. The maximum atomic E-state index is 5.00. The van der Waals surface area contributed by atoms with Crippen LogP contribution in [0.25, 0.3) is 0 Å². The Bertz CT molecular complexity index is 510. The van der Waals surface area contributed by atoms with Gasteiger partial charge in [-0.25, -0.2) is 0 Å². The van der Waals surface area contributed by atoms with Gasteiger partial charge in [0.1, 0.15) is 0 Å². The highest BCUT2D eigenvalue weighted by atomic mass is 14.8. The van der Waals surface area contributed by atoms with Crippen molar-refractivity contribution in [3.8, 4) is 0 Å². The topological polar surface area (TPSA) is 12.4 Å². The van der Waals surface area contributed by atoms with Gasteiger partial charge in [0.15, 0.2) is 0 Å². The van der Waals surface area contributed by atoms with Gasteiger partial charge < -0.3 is 0 Å². The van der Waals surface area contributed by atoms with Crippen molar-refractivity contribution in [2.24, 2.45) is 16.3 Å². The molecule has 0 saturated heterocycles. The maximum Gasteiger partial charge on any atom is 0.0491 e. The highest BCUT2D eigenvalue weighted by Gasteiger charge is 2.49. The van der Waals surface area contributed by atoms with Gasteiger partial charge in [-0.15, -0.1) is 0 Å². The molecule has 1 aliphatic heterocycles. The summed E-state index contributed by atoms with van der Waals surface area (Å²) in [6.45, 7) is 1.05. The molecule has 1 saturated carbocycles. The van der Waals surface area contributed by atoms with Crippen molar-refractivity contribution in [3.63, 3.8) is 0 Å². The maximum absolute atomic E-state index is 5.00. The molecule has 0 aromatic heterocycles. The van der Waals surface area contributed by atoms with Gasteiger partial charge in [-0.2, -0.15) is 0 Å². The lowest BCUT2D eigenvalue weighted by atomic mass is 9.63. The van der Waals surface area contributed by atoms with E-state index in [9.17, 15) is 0 Å². The summed E-state index contributed by atoms with van der Waals surface area (Å²) < 4.78 is 0. The summed E-state index contributed by atoms with van der Waals surface area (Å²) in [6.07, 6.45) is 11.2. The molecule has 100 valence electrons. The SMILES string of the molecule is c1ccc2c(c1)CC1(C3CCCCC3)CCCN=C21. The molecule has 0 spiro atoms. The van der Waals surface area contributed by atoms with Crippen LogP contribution in [0.1, 0.15) is 56.1 Å². The number of fused-ring (bicyclic) bond motifs is 3. The summed E-state index contributed by atoms with van der Waals surface area (Å²) in [5.41, 5.74) is 4.95. The standard InChI is InChI=1S/C18H23N/c1-2-8-15(9-3-1)18-11-6-12-19-17(18)16-10-5-4-7-14(16)13-18/h4-5,7,10,15H,1-3,6,8-9,11-13H2. The van der Waals surface area contributed by atoms with E-state index in [0.717, 1.165) is 12.5 Å². The van der Waals surface area contributed by atoms with E-state index in [0.29, 0.717) is 5.41 Å². The molecule has 1 fully saturated rings. The summed E-state index contributed by atoms with van der Waals surface area (Å²) in [7, 11) is 0. The first kappa shape index (κ1) is 11.7. The van der Waals surface area contributed by atoms with Crippen LogP contribution in [0.5, 0.6) is 0 Å². The fourth-order valence-corrected chi connectivity index (χ4v) is 4.83. The van der Waals surface area contributed by atoms with Crippen LogP contribution in [0.15, 0.2) is 29.3 Å². The number of hydrogen-bond acceptors (Lipinski definition) is 1. The first-order chi connectivity index (χ1) is 9.40. The number of nitrogens with zero attached hydrogens (tertiary/aromatic N) is 1. The third kappa shape index (κ3) is 1.70. The molecule has 3 aliphatic rings. The van der Waals surface area contributed by atoms with E-state index < -0.39 is 0 Å². The number of aliphatic imine (C=N–C) groups is 1. The molecule has 1 unspecified atom stereocenters. The Morgan fingerprint density at radius 1 is 1.00 bits per heavy atom. The molecule has 4 rings (SSSR count). The third-order valence-electron chi connectivity index (χ3n) is 5.69. The highest BCUT2D eigenvalue weighted by Crippen LogP contribution is 2.52. The molecule has 1 heterocycles. The minimum Gasteiger partial charge on any atom is -0.289 e. The largest absolute Gasteiger partial charge is 0.289 e. The number of hydrogen-bond donors (Lipinski definition) is 0. The predicted molar refractivity (Wildman–Crippen MR) is 79.8 cm³/mol. The predicted octanol–water partition coefficient (Wildman–Crippen LogP) is 4.39. The quantitative estimate of drug-likeness (QED) is 0.703. The van der Waals surface area contributed by atoms with Crippen molar-refractivity contribution in [1.82, 2.24) is 0 Å². The van der Waals surface area contributed by atoms with E-state index in [1.54, 1.807) is 5.56 Å². The Kier molecular flexibility index (Phi) is 2.75. The summed E-state index contributed by atoms with van der Waals surface area (Å²) >= 11 is 0. The first-order valence-corrected chi connectivity index (χ1v) is 8.03. The molecular formula is C18H23N. The van der Waals surface area contributed by atoms with Crippen LogP contribution in [0, 0.1) is 11.3 Å². The van der Waals surface area contributed by atoms with Gasteiger partial charge in [0, 0.05) is 17.7 Å². The van der Waals surface area contributed by atoms with Crippen molar-refractivity contribution >= 4 is 5.71 Å². The molecule has 1 aromatic carbocycles. The molecule has 0 N–H and O–H groups in total. The van der Waals surface area contributed by atoms with Gasteiger partial charge >= 0.3 is 0 Å². The van der Waals surface area contributed by atoms with Crippen LogP contribution >= 0.6 is 0 Å². The van der Waals surface area contributed by atoms with Crippen molar-refractivity contribution in [2.75, 3.05) is 6.54 Å². The minimum absolute atomic E-state index is 0.419. The Balaban J connectivity index is 1.79. The fraction of sp³-hybridized carbons (Fsp3) is 0.611. The van der Waals surface area contributed by atoms with E-state index in [1.165, 1.54) is 62.6 Å². The van der Waals surface area contributed by atoms with Crippen molar-refractivity contribution in [3.05, 3.63) is 35.4 Å². The van der Waals surface area contributed by atoms with E-state index >= 15 is 0 Å². The third-order valence-corrected chi connectivity index (χ3v) is 5.69. The summed E-state index contributed by atoms with van der Waals surface area (Å²) in [6, 6.07) is 9.03. The monoisotopic (exact) mass is 253 g/mol. The number of rotatable bonds is 1. The molecule has 1 aromatic rings. The molecule has 1 heteroatoms. The van der Waals surface area contributed by atoms with Crippen LogP contribution in [0.3, 0.4) is 0 Å². The van der Waals surface area contributed by atoms with Crippen molar-refractivity contribution < 1.29 is 0 Å². The van der Waals surface area contributed by atoms with Gasteiger partial charge in [-0.1, -0.05) is 43.5 Å². The van der Waals surface area contributed by atoms with Gasteiger partial charge in [-0.3, -0.25) is 4.99 Å². The molecule has 0 amide bonds. The van der Waals surface area contributed by atoms with Crippen LogP contribution < -0.4 is 0 Å². The zero-order chi connectivity index (χ0) is 12.7. The highest BCUT2D eigenvalue weighted by molar-refractivity contribution is 6.09. The van der Waals surface area contributed by atoms with Gasteiger partial charge in [0.05, 0.1) is 0 Å². The summed E-state index contributed by atoms with van der Waals surface area (Å²) in [5.74, 6) is 0.896. The first-order valence-electron chi connectivity index (χ1n) is 8.03. The average Bonchev–Trinajstić information content (AvgIpc) is 2.84. The summed E-state index contributed by atoms with van der Waals surface area (Å²) in [4.78, 5) is 5.00.